The van der Waals surface area contributed by atoms with Crippen LogP contribution in [0.2, 0.25) is 0 Å². The summed E-state index contributed by atoms with van der Waals surface area (Å²) in [6.45, 7) is 3.38. The number of H-pyrrole nitrogens is 1. The number of hydrogen-bond acceptors (Lipinski definition) is 8. The fraction of sp³-hybridized carbons (Fsp3) is 0.267. The van der Waals surface area contributed by atoms with E-state index in [0.29, 0.717) is 17.9 Å². The van der Waals surface area contributed by atoms with Crippen molar-refractivity contribution in [2.24, 2.45) is 5.10 Å². The third-order valence-corrected chi connectivity index (χ3v) is 2.80. The van der Waals surface area contributed by atoms with Gasteiger partial charge in [-0.05, 0) is 26.0 Å². The monoisotopic (exact) mass is 331 g/mol. The van der Waals surface area contributed by atoms with Crippen molar-refractivity contribution in [3.05, 3.63) is 45.9 Å². The molecule has 1 aromatic heterocycles. The highest BCUT2D eigenvalue weighted by molar-refractivity contribution is 5.84. The third kappa shape index (κ3) is 4.90. The number of carbonyl (C=O) groups excluding carboxylic acids is 1. The van der Waals surface area contributed by atoms with Crippen LogP contribution in [0.3, 0.4) is 0 Å². The van der Waals surface area contributed by atoms with E-state index in [2.05, 4.69) is 25.7 Å². The molecule has 126 valence electrons. The van der Waals surface area contributed by atoms with E-state index < -0.39 is 5.97 Å². The Morgan fingerprint density at radius 2 is 2.17 bits per heavy atom. The van der Waals surface area contributed by atoms with Gasteiger partial charge in [0.05, 0.1) is 12.8 Å². The van der Waals surface area contributed by atoms with Crippen LogP contribution in [0.15, 0.2) is 34.2 Å². The van der Waals surface area contributed by atoms with Crippen LogP contribution >= 0.6 is 0 Å². The molecule has 0 bridgehead atoms. The number of aromatic amines is 1. The first kappa shape index (κ1) is 17.1. The number of nitrogens with zero attached hydrogens (tertiary/aromatic N) is 3. The molecule has 0 saturated carbocycles. The van der Waals surface area contributed by atoms with Crippen LogP contribution in [0.5, 0.6) is 5.75 Å². The third-order valence-electron chi connectivity index (χ3n) is 2.80. The number of anilines is 1. The number of aromatic nitrogens is 3. The number of nitrogens with one attached hydrogen (secondary N) is 2. The highest BCUT2D eigenvalue weighted by atomic mass is 16.6. The zero-order valence-electron chi connectivity index (χ0n) is 13.3. The molecule has 0 aliphatic carbocycles. The van der Waals surface area contributed by atoms with Gasteiger partial charge >= 0.3 is 5.97 Å². The van der Waals surface area contributed by atoms with Crippen molar-refractivity contribution < 1.29 is 14.3 Å². The number of aryl methyl sites for hydroxylation is 1. The van der Waals surface area contributed by atoms with E-state index >= 15 is 0 Å². The maximum atomic E-state index is 11.4. The molecule has 0 unspecified atom stereocenters. The maximum Gasteiger partial charge on any atom is 0.344 e. The van der Waals surface area contributed by atoms with E-state index in [4.69, 9.17) is 9.47 Å². The second-order valence-electron chi connectivity index (χ2n) is 4.59. The molecule has 0 spiro atoms. The zero-order chi connectivity index (χ0) is 17.4. The molecule has 9 nitrogen and oxygen atoms in total. The minimum Gasteiger partial charge on any atom is -0.481 e. The molecule has 2 aromatic rings. The summed E-state index contributed by atoms with van der Waals surface area (Å²) in [5.74, 6) is 0.140. The van der Waals surface area contributed by atoms with Gasteiger partial charge in [-0.3, -0.25) is 9.78 Å². The predicted molar refractivity (Wildman–Crippen MR) is 87.2 cm³/mol. The summed E-state index contributed by atoms with van der Waals surface area (Å²) in [7, 11) is 0. The Labute approximate surface area is 137 Å². The minimum absolute atomic E-state index is 0.117. The summed E-state index contributed by atoms with van der Waals surface area (Å²) in [5, 5.41) is 11.4. The number of ether oxygens (including phenoxy) is 2. The van der Waals surface area contributed by atoms with Crippen molar-refractivity contribution in [3.63, 3.8) is 0 Å². The molecule has 0 aliphatic rings. The van der Waals surface area contributed by atoms with Crippen molar-refractivity contribution in [2.45, 2.75) is 13.8 Å². The molecule has 9 heteroatoms. The van der Waals surface area contributed by atoms with Crippen LogP contribution in [0.4, 0.5) is 5.95 Å². The summed E-state index contributed by atoms with van der Waals surface area (Å²) in [5.41, 5.74) is 3.12. The van der Waals surface area contributed by atoms with E-state index in [0.717, 1.165) is 0 Å². The van der Waals surface area contributed by atoms with Crippen LogP contribution in [-0.4, -0.2) is 40.6 Å². The van der Waals surface area contributed by atoms with Gasteiger partial charge in [-0.2, -0.15) is 5.10 Å². The quantitative estimate of drug-likeness (QED) is 0.439. The van der Waals surface area contributed by atoms with E-state index in [1.807, 2.05) is 0 Å². The van der Waals surface area contributed by atoms with Crippen molar-refractivity contribution in [1.29, 1.82) is 0 Å². The lowest BCUT2D eigenvalue weighted by Crippen LogP contribution is -2.16. The largest absolute Gasteiger partial charge is 0.481 e. The standard InChI is InChI=1S/C15H17N5O4/c1-3-23-13(21)9-24-12-7-5-4-6-11(12)8-16-19-15-17-14(22)10(2)18-20-15/h4-8H,3,9H2,1-2H3,(H2,17,19,20,22)/b16-8+. The fourth-order valence-corrected chi connectivity index (χ4v) is 1.66. The van der Waals surface area contributed by atoms with Gasteiger partial charge in [0.2, 0.25) is 5.95 Å². The van der Waals surface area contributed by atoms with Crippen LogP contribution < -0.4 is 15.7 Å². The molecule has 0 aliphatic heterocycles. The Balaban J connectivity index is 2.02. The maximum absolute atomic E-state index is 11.4. The summed E-state index contributed by atoms with van der Waals surface area (Å²) < 4.78 is 10.2. The SMILES string of the molecule is CCOC(=O)COc1ccccc1/C=N/Nc1nnc(C)c(=O)[nH]1. The number of rotatable bonds is 7. The molecule has 2 rings (SSSR count). The van der Waals surface area contributed by atoms with Crippen molar-refractivity contribution in [2.75, 3.05) is 18.6 Å². The summed E-state index contributed by atoms with van der Waals surface area (Å²) in [4.78, 5) is 25.2. The topological polar surface area (TPSA) is 119 Å². The number of esters is 1. The van der Waals surface area contributed by atoms with Crippen LogP contribution in [0.1, 0.15) is 18.2 Å². The number of para-hydroxylation sites is 1. The van der Waals surface area contributed by atoms with Gasteiger partial charge in [-0.25, -0.2) is 10.2 Å². The van der Waals surface area contributed by atoms with Gasteiger partial charge in [-0.1, -0.05) is 12.1 Å². The lowest BCUT2D eigenvalue weighted by Gasteiger charge is -2.08. The van der Waals surface area contributed by atoms with Crippen molar-refractivity contribution in [3.8, 4) is 5.75 Å². The Hall–Kier alpha value is -3.23. The molecule has 1 heterocycles. The van der Waals surface area contributed by atoms with Gasteiger partial charge in [-0.15, -0.1) is 10.2 Å². The van der Waals surface area contributed by atoms with Crippen molar-refractivity contribution in [1.82, 2.24) is 15.2 Å². The van der Waals surface area contributed by atoms with E-state index in [9.17, 15) is 9.59 Å². The average Bonchev–Trinajstić information content (AvgIpc) is 2.57. The number of hydrazone groups is 1. The Morgan fingerprint density at radius 3 is 2.92 bits per heavy atom. The van der Waals surface area contributed by atoms with Gasteiger partial charge < -0.3 is 9.47 Å². The number of hydrogen-bond donors (Lipinski definition) is 2. The molecule has 1 aromatic carbocycles. The van der Waals surface area contributed by atoms with Gasteiger partial charge in [0.25, 0.3) is 5.56 Å². The second-order valence-corrected chi connectivity index (χ2v) is 4.59. The summed E-state index contributed by atoms with van der Waals surface area (Å²) >= 11 is 0. The zero-order valence-corrected chi connectivity index (χ0v) is 13.3. The van der Waals surface area contributed by atoms with Crippen molar-refractivity contribution >= 4 is 18.1 Å². The van der Waals surface area contributed by atoms with Gasteiger partial charge in [0.15, 0.2) is 6.61 Å². The predicted octanol–water partition coefficient (Wildman–Crippen LogP) is 0.861. The Bertz CT molecular complexity index is 787. The minimum atomic E-state index is -0.449. The molecule has 0 atom stereocenters. The Kier molecular flexibility index (Phi) is 6.01. The van der Waals surface area contributed by atoms with Crippen LogP contribution in [0, 0.1) is 6.92 Å². The summed E-state index contributed by atoms with van der Waals surface area (Å²) in [6, 6.07) is 7.03. The van der Waals surface area contributed by atoms with Crippen LogP contribution in [-0.2, 0) is 9.53 Å². The Morgan fingerprint density at radius 1 is 1.38 bits per heavy atom. The molecule has 0 fully saturated rings. The van der Waals surface area contributed by atoms with Gasteiger partial charge in [0, 0.05) is 5.56 Å². The molecule has 0 radical (unpaired) electrons. The van der Waals surface area contributed by atoms with E-state index in [-0.39, 0.29) is 23.8 Å². The fourth-order valence-electron chi connectivity index (χ4n) is 1.66. The summed E-state index contributed by atoms with van der Waals surface area (Å²) in [6.07, 6.45) is 1.47. The lowest BCUT2D eigenvalue weighted by molar-refractivity contribution is -0.145. The van der Waals surface area contributed by atoms with E-state index in [1.54, 1.807) is 38.1 Å². The number of carbonyl (C=O) groups is 1. The number of benzene rings is 1. The highest BCUT2D eigenvalue weighted by Crippen LogP contribution is 2.15. The molecular weight excluding hydrogens is 314 g/mol. The van der Waals surface area contributed by atoms with Gasteiger partial charge in [0.1, 0.15) is 11.4 Å². The van der Waals surface area contributed by atoms with Crippen LogP contribution in [0.25, 0.3) is 0 Å². The highest BCUT2D eigenvalue weighted by Gasteiger charge is 2.06. The van der Waals surface area contributed by atoms with E-state index in [1.165, 1.54) is 6.21 Å². The first-order chi connectivity index (χ1) is 11.6. The molecule has 2 N–H and O–H groups in total. The molecule has 0 saturated heterocycles. The smallest absolute Gasteiger partial charge is 0.344 e. The first-order valence-electron chi connectivity index (χ1n) is 7.20. The molecular formula is C15H17N5O4. The molecule has 0 amide bonds. The second kappa shape index (κ2) is 8.42. The normalized spacial score (nSPS) is 10.6. The average molecular weight is 331 g/mol. The molecule has 24 heavy (non-hydrogen) atoms. The lowest BCUT2D eigenvalue weighted by atomic mass is 10.2. The first-order valence-corrected chi connectivity index (χ1v) is 7.20.